The number of benzene rings is 1. The quantitative estimate of drug-likeness (QED) is 0.590. The van der Waals surface area contributed by atoms with Gasteiger partial charge in [0.05, 0.1) is 36.3 Å². The molecule has 38 heavy (non-hydrogen) atoms. The van der Waals surface area contributed by atoms with Gasteiger partial charge in [-0.15, -0.1) is 0 Å². The van der Waals surface area contributed by atoms with Crippen LogP contribution in [0.5, 0.6) is 0 Å². The first-order chi connectivity index (χ1) is 18.0. The van der Waals surface area contributed by atoms with Gasteiger partial charge in [0.1, 0.15) is 0 Å². The molecule has 3 amide bonds. The van der Waals surface area contributed by atoms with Crippen LogP contribution in [0.4, 0.5) is 4.79 Å². The first-order valence-corrected chi connectivity index (χ1v) is 14.4. The highest BCUT2D eigenvalue weighted by Crippen LogP contribution is 2.50. The summed E-state index contributed by atoms with van der Waals surface area (Å²) >= 11 is 0. The van der Waals surface area contributed by atoms with Crippen LogP contribution in [0.1, 0.15) is 64.4 Å². The Morgan fingerprint density at radius 2 is 1.66 bits per heavy atom. The Morgan fingerprint density at radius 3 is 2.21 bits per heavy atom. The molecule has 4 aliphatic rings. The summed E-state index contributed by atoms with van der Waals surface area (Å²) in [5.41, 5.74) is -0.554. The first-order valence-electron chi connectivity index (χ1n) is 14.4. The van der Waals surface area contributed by atoms with Crippen molar-refractivity contribution in [1.29, 1.82) is 0 Å². The summed E-state index contributed by atoms with van der Waals surface area (Å²) < 4.78 is 5.44. The lowest BCUT2D eigenvalue weighted by Crippen LogP contribution is -2.59. The van der Waals surface area contributed by atoms with Crippen LogP contribution < -0.4 is 0 Å². The summed E-state index contributed by atoms with van der Waals surface area (Å²) in [6.45, 7) is 7.64. The average Bonchev–Trinajstić information content (AvgIpc) is 3.13. The van der Waals surface area contributed by atoms with E-state index in [9.17, 15) is 14.7 Å². The van der Waals surface area contributed by atoms with Gasteiger partial charge in [-0.25, -0.2) is 4.79 Å². The molecule has 1 spiro atoms. The SMILES string of the molecule is CN(C)C1(c2ccccc2)CCC2(CC1)CN(CC(C)(C)C(=O)N1CCOCC1)C(=O)N2CC1(O)CCC1. The van der Waals surface area contributed by atoms with E-state index in [0.29, 0.717) is 45.9 Å². The standard InChI is InChI=1S/C30H46N4O4/c1-27(2,25(35)32-17-19-38-20-18-32)21-33-22-28(34(26(33)36)23-29(37)11-8-12-29)13-15-30(16-14-28,31(3)4)24-9-6-5-7-10-24/h5-7,9-10,37H,8,11-23H2,1-4H3. The zero-order chi connectivity index (χ0) is 27.2. The number of nitrogens with zero attached hydrogens (tertiary/aromatic N) is 4. The molecule has 1 N–H and O–H groups in total. The second-order valence-electron chi connectivity index (χ2n) is 13.1. The largest absolute Gasteiger partial charge is 0.388 e. The predicted molar refractivity (Wildman–Crippen MR) is 147 cm³/mol. The van der Waals surface area contributed by atoms with Crippen molar-refractivity contribution in [2.75, 3.05) is 60.0 Å². The second kappa shape index (κ2) is 10.1. The molecule has 1 aromatic rings. The van der Waals surface area contributed by atoms with E-state index in [1.165, 1.54) is 5.56 Å². The molecule has 2 heterocycles. The Labute approximate surface area is 227 Å². The van der Waals surface area contributed by atoms with Gasteiger partial charge in [0, 0.05) is 31.7 Å². The van der Waals surface area contributed by atoms with Crippen molar-refractivity contribution < 1.29 is 19.4 Å². The minimum atomic E-state index is -0.784. The summed E-state index contributed by atoms with van der Waals surface area (Å²) in [6, 6.07) is 10.7. The van der Waals surface area contributed by atoms with Crippen LogP contribution in [-0.4, -0.2) is 108 Å². The molecule has 0 bridgehead atoms. The van der Waals surface area contributed by atoms with Gasteiger partial charge in [-0.1, -0.05) is 30.3 Å². The van der Waals surface area contributed by atoms with Gasteiger partial charge in [-0.3, -0.25) is 9.69 Å². The maximum absolute atomic E-state index is 14.0. The average molecular weight is 527 g/mol. The molecule has 8 heteroatoms. The number of ether oxygens (including phenoxy) is 1. The third kappa shape index (κ3) is 4.84. The summed E-state index contributed by atoms with van der Waals surface area (Å²) in [6.07, 6.45) is 6.13. The van der Waals surface area contributed by atoms with Crippen molar-refractivity contribution in [2.45, 2.75) is 75.5 Å². The minimum Gasteiger partial charge on any atom is -0.388 e. The highest BCUT2D eigenvalue weighted by molar-refractivity contribution is 5.84. The molecule has 210 valence electrons. The van der Waals surface area contributed by atoms with Crippen molar-refractivity contribution in [1.82, 2.24) is 19.6 Å². The Hall–Kier alpha value is -2.16. The van der Waals surface area contributed by atoms with Crippen LogP contribution >= 0.6 is 0 Å². The van der Waals surface area contributed by atoms with Crippen LogP contribution in [-0.2, 0) is 15.1 Å². The number of carbonyl (C=O) groups is 2. The molecule has 8 nitrogen and oxygen atoms in total. The molecule has 1 aromatic carbocycles. The van der Waals surface area contributed by atoms with Gasteiger partial charge in [-0.05, 0) is 78.5 Å². The maximum Gasteiger partial charge on any atom is 0.320 e. The number of hydrogen-bond acceptors (Lipinski definition) is 5. The molecule has 5 rings (SSSR count). The number of aliphatic hydroxyl groups is 1. The molecule has 2 saturated heterocycles. The lowest BCUT2D eigenvalue weighted by Gasteiger charge is -2.52. The van der Waals surface area contributed by atoms with Crippen LogP contribution in [0, 0.1) is 5.41 Å². The second-order valence-corrected chi connectivity index (χ2v) is 13.1. The van der Waals surface area contributed by atoms with E-state index < -0.39 is 11.0 Å². The van der Waals surface area contributed by atoms with E-state index in [-0.39, 0.29) is 23.0 Å². The fourth-order valence-electron chi connectivity index (χ4n) is 7.32. The molecule has 4 fully saturated rings. The van der Waals surface area contributed by atoms with E-state index in [1.807, 2.05) is 28.5 Å². The third-order valence-electron chi connectivity index (χ3n) is 9.93. The zero-order valence-electron chi connectivity index (χ0n) is 23.7. The molecular weight excluding hydrogens is 480 g/mol. The summed E-state index contributed by atoms with van der Waals surface area (Å²) in [5, 5.41) is 11.2. The fourth-order valence-corrected chi connectivity index (χ4v) is 7.32. The molecular formula is C30H46N4O4. The van der Waals surface area contributed by atoms with Gasteiger partial charge in [0.25, 0.3) is 0 Å². The van der Waals surface area contributed by atoms with Crippen molar-refractivity contribution in [3.8, 4) is 0 Å². The first kappa shape index (κ1) is 27.4. The van der Waals surface area contributed by atoms with Gasteiger partial charge in [-0.2, -0.15) is 0 Å². The van der Waals surface area contributed by atoms with E-state index >= 15 is 0 Å². The van der Waals surface area contributed by atoms with E-state index in [1.54, 1.807) is 0 Å². The fraction of sp³-hybridized carbons (Fsp3) is 0.733. The van der Waals surface area contributed by atoms with Crippen LogP contribution in [0.2, 0.25) is 0 Å². The van der Waals surface area contributed by atoms with Gasteiger partial charge in [0.15, 0.2) is 0 Å². The number of amides is 3. The van der Waals surface area contributed by atoms with E-state index in [2.05, 4.69) is 49.3 Å². The summed E-state index contributed by atoms with van der Waals surface area (Å²) in [4.78, 5) is 35.6. The van der Waals surface area contributed by atoms with Gasteiger partial charge < -0.3 is 24.5 Å². The smallest absolute Gasteiger partial charge is 0.320 e. The Balaban J connectivity index is 1.38. The third-order valence-corrected chi connectivity index (χ3v) is 9.93. The Morgan fingerprint density at radius 1 is 1.03 bits per heavy atom. The number of rotatable bonds is 7. The number of carbonyl (C=O) groups excluding carboxylic acids is 2. The molecule has 0 aromatic heterocycles. The normalized spacial score (nSPS) is 29.7. The summed E-state index contributed by atoms with van der Waals surface area (Å²) in [5.74, 6) is 0.0815. The van der Waals surface area contributed by atoms with Crippen LogP contribution in [0.15, 0.2) is 30.3 Å². The lowest BCUT2D eigenvalue weighted by atomic mass is 9.67. The predicted octanol–water partition coefficient (Wildman–Crippen LogP) is 3.29. The minimum absolute atomic E-state index is 0.0229. The summed E-state index contributed by atoms with van der Waals surface area (Å²) in [7, 11) is 4.32. The van der Waals surface area contributed by atoms with Crippen molar-refractivity contribution in [2.24, 2.45) is 5.41 Å². The number of morpholine rings is 1. The maximum atomic E-state index is 14.0. The number of β-amino-alcohol motifs (C(OH)–C–C–N with tert-alkyl or cyclic N) is 1. The Bertz CT molecular complexity index is 1010. The van der Waals surface area contributed by atoms with Crippen molar-refractivity contribution >= 4 is 11.9 Å². The number of hydrogen-bond donors (Lipinski definition) is 1. The van der Waals surface area contributed by atoms with Crippen molar-refractivity contribution in [3.05, 3.63) is 35.9 Å². The topological polar surface area (TPSA) is 76.6 Å². The highest BCUT2D eigenvalue weighted by Gasteiger charge is 2.57. The van der Waals surface area contributed by atoms with Crippen LogP contribution in [0.25, 0.3) is 0 Å². The molecule has 0 unspecified atom stereocenters. The van der Waals surface area contributed by atoms with E-state index in [0.717, 1.165) is 44.9 Å². The number of urea groups is 1. The monoisotopic (exact) mass is 526 g/mol. The van der Waals surface area contributed by atoms with E-state index in [4.69, 9.17) is 4.74 Å². The van der Waals surface area contributed by atoms with Gasteiger partial charge >= 0.3 is 6.03 Å². The molecule has 0 radical (unpaired) electrons. The molecule has 2 aliphatic carbocycles. The molecule has 0 atom stereocenters. The Kier molecular flexibility index (Phi) is 7.29. The van der Waals surface area contributed by atoms with Crippen LogP contribution in [0.3, 0.4) is 0 Å². The lowest BCUT2D eigenvalue weighted by molar-refractivity contribution is -0.145. The zero-order valence-corrected chi connectivity index (χ0v) is 23.7. The molecule has 2 saturated carbocycles. The molecule has 2 aliphatic heterocycles. The van der Waals surface area contributed by atoms with Crippen molar-refractivity contribution in [3.63, 3.8) is 0 Å². The highest BCUT2D eigenvalue weighted by atomic mass is 16.5. The van der Waals surface area contributed by atoms with Gasteiger partial charge in [0.2, 0.25) is 5.91 Å².